The van der Waals surface area contributed by atoms with Gasteiger partial charge in [-0.05, 0) is 92.4 Å². The molecule has 0 radical (unpaired) electrons. The molecule has 5 aliphatic heterocycles. The van der Waals surface area contributed by atoms with Crippen LogP contribution in [0.15, 0.2) is 30.5 Å². The summed E-state index contributed by atoms with van der Waals surface area (Å²) in [5.74, 6) is -0.623. The number of pyridine rings is 1. The van der Waals surface area contributed by atoms with E-state index in [1.807, 2.05) is 0 Å². The van der Waals surface area contributed by atoms with E-state index in [4.69, 9.17) is 14.5 Å². The number of alkyl halides is 1. The van der Waals surface area contributed by atoms with Crippen molar-refractivity contribution in [2.75, 3.05) is 44.3 Å². The summed E-state index contributed by atoms with van der Waals surface area (Å²) >= 11 is 0. The van der Waals surface area contributed by atoms with Gasteiger partial charge in [0.1, 0.15) is 41.4 Å². The van der Waals surface area contributed by atoms with Crippen LogP contribution in [0.3, 0.4) is 0 Å². The molecule has 0 amide bonds. The summed E-state index contributed by atoms with van der Waals surface area (Å²) in [5.41, 5.74) is 0.358. The Hall–Kier alpha value is -3.70. The molecule has 0 aliphatic carbocycles. The summed E-state index contributed by atoms with van der Waals surface area (Å²) in [6.45, 7) is 3.32. The number of phenolic OH excluding ortho intramolecular Hbond substituents is 1. The van der Waals surface area contributed by atoms with E-state index in [0.717, 1.165) is 57.9 Å². The molecule has 9 rings (SSSR count). The Labute approximate surface area is 271 Å². The largest absolute Gasteiger partial charge is 0.508 e. The van der Waals surface area contributed by atoms with Crippen molar-refractivity contribution in [3.63, 3.8) is 0 Å². The number of hydrogen-bond acceptors (Lipinski definition) is 8. The molecule has 1 N–H and O–H groups in total. The van der Waals surface area contributed by atoms with Gasteiger partial charge in [0.25, 0.3) is 0 Å². The molecule has 2 aromatic carbocycles. The van der Waals surface area contributed by atoms with Gasteiger partial charge in [0.15, 0.2) is 5.82 Å². The highest BCUT2D eigenvalue weighted by Crippen LogP contribution is 2.42. The quantitative estimate of drug-likeness (QED) is 0.258. The van der Waals surface area contributed by atoms with E-state index in [2.05, 4.69) is 19.8 Å². The predicted molar refractivity (Wildman–Crippen MR) is 174 cm³/mol. The minimum Gasteiger partial charge on any atom is -0.508 e. The average Bonchev–Trinajstić information content (AvgIpc) is 3.47. The van der Waals surface area contributed by atoms with E-state index in [1.165, 1.54) is 12.1 Å². The number of aromatic nitrogens is 3. The van der Waals surface area contributed by atoms with Gasteiger partial charge >= 0.3 is 6.01 Å². The van der Waals surface area contributed by atoms with Crippen LogP contribution in [-0.2, 0) is 11.2 Å². The third kappa shape index (κ3) is 5.65. The molecule has 4 aromatic rings. The van der Waals surface area contributed by atoms with Crippen molar-refractivity contribution in [2.24, 2.45) is 0 Å². The number of phenols is 1. The van der Waals surface area contributed by atoms with Crippen LogP contribution in [0, 0.1) is 11.6 Å². The summed E-state index contributed by atoms with van der Waals surface area (Å²) in [4.78, 5) is 18.4. The van der Waals surface area contributed by atoms with Gasteiger partial charge in [0, 0.05) is 44.4 Å². The molecule has 3 fully saturated rings. The van der Waals surface area contributed by atoms with E-state index in [-0.39, 0.29) is 41.5 Å². The molecular formula is C36H40F3N5O3. The second kappa shape index (κ2) is 12.4. The maximum absolute atomic E-state index is 17.0. The van der Waals surface area contributed by atoms with Crippen LogP contribution in [0.25, 0.3) is 32.9 Å². The van der Waals surface area contributed by atoms with Crippen molar-refractivity contribution < 1.29 is 27.8 Å². The highest BCUT2D eigenvalue weighted by Gasteiger charge is 2.49. The van der Waals surface area contributed by atoms with Crippen LogP contribution in [-0.4, -0.2) is 82.2 Å². The van der Waals surface area contributed by atoms with E-state index >= 15 is 8.78 Å². The molecule has 2 aromatic heterocycles. The fraction of sp³-hybridized carbons (Fsp3) is 0.528. The molecule has 2 unspecified atom stereocenters. The van der Waals surface area contributed by atoms with Gasteiger partial charge in [-0.2, -0.15) is 9.97 Å². The summed E-state index contributed by atoms with van der Waals surface area (Å²) in [7, 11) is 0. The van der Waals surface area contributed by atoms with Crippen molar-refractivity contribution in [1.82, 2.24) is 19.9 Å². The van der Waals surface area contributed by atoms with Crippen LogP contribution in [0.5, 0.6) is 11.8 Å². The number of ether oxygens (including phenoxy) is 2. The van der Waals surface area contributed by atoms with Crippen LogP contribution < -0.4 is 9.64 Å². The molecule has 0 spiro atoms. The summed E-state index contributed by atoms with van der Waals surface area (Å²) < 4.78 is 59.6. The van der Waals surface area contributed by atoms with Crippen molar-refractivity contribution >= 4 is 27.5 Å². The third-order valence-electron chi connectivity index (χ3n) is 10.6. The van der Waals surface area contributed by atoms with E-state index < -0.39 is 17.5 Å². The smallest absolute Gasteiger partial charge is 0.319 e. The number of hydrogen-bond donors (Lipinski definition) is 1. The van der Waals surface area contributed by atoms with Gasteiger partial charge in [-0.1, -0.05) is 12.5 Å². The Bertz CT molecular complexity index is 1820. The molecule has 7 heterocycles. The fourth-order valence-corrected chi connectivity index (χ4v) is 8.36. The standard InChI is InChI=1S/C36H40F3N5O3/c37-23-17-36(11-6-13-44(36)19-23)21-47-35-41-33-28-18-40-32(31(33)39)27-16-24(45)15-22-9-10-29(38)26(30(22)27)8-2-1-5-14-46-25-7-3-4-12-43(20-25)34(28)42-35/h9-10,15-16,18,23,25,45H,1-8,11-14,17,19-21H2/t23-,25?,36?/m1/s1. The van der Waals surface area contributed by atoms with Crippen molar-refractivity contribution in [3.05, 3.63) is 47.7 Å². The first-order chi connectivity index (χ1) is 22.9. The number of rotatable bonds is 3. The molecule has 8 nitrogen and oxygen atoms in total. The number of anilines is 1. The summed E-state index contributed by atoms with van der Waals surface area (Å²) in [6, 6.07) is 6.05. The first-order valence-corrected chi connectivity index (χ1v) is 17.1. The minimum atomic E-state index is -0.907. The SMILES string of the molecule is Oc1cc2c3c(c(F)ccc3c1)CCCCCOC1CCCCN(C1)c1nc(OCC34CCCN3C[C@H](F)C4)nc3c(F)c-2ncc13. The first kappa shape index (κ1) is 30.6. The third-order valence-corrected chi connectivity index (χ3v) is 10.6. The summed E-state index contributed by atoms with van der Waals surface area (Å²) in [5, 5.41) is 12.3. The first-order valence-electron chi connectivity index (χ1n) is 17.1. The Kier molecular flexibility index (Phi) is 8.07. The Morgan fingerprint density at radius 2 is 1.94 bits per heavy atom. The highest BCUT2D eigenvalue weighted by molar-refractivity contribution is 6.01. The zero-order valence-corrected chi connectivity index (χ0v) is 26.5. The van der Waals surface area contributed by atoms with Crippen LogP contribution >= 0.6 is 0 Å². The topological polar surface area (TPSA) is 83.8 Å². The normalized spacial score (nSPS) is 25.4. The van der Waals surface area contributed by atoms with E-state index in [0.29, 0.717) is 72.2 Å². The molecule has 11 heteroatoms. The number of aryl methyl sites for hydroxylation is 1. The lowest BCUT2D eigenvalue weighted by atomic mass is 9.93. The maximum atomic E-state index is 17.0. The lowest BCUT2D eigenvalue weighted by Crippen LogP contribution is -2.43. The predicted octanol–water partition coefficient (Wildman–Crippen LogP) is 6.89. The molecular weight excluding hydrogens is 607 g/mol. The Balaban J connectivity index is 1.30. The molecule has 6 bridgehead atoms. The van der Waals surface area contributed by atoms with Crippen molar-refractivity contribution in [3.8, 4) is 23.0 Å². The zero-order valence-electron chi connectivity index (χ0n) is 26.5. The molecule has 248 valence electrons. The molecule has 3 saturated heterocycles. The second-order valence-corrected chi connectivity index (χ2v) is 13.7. The average molecular weight is 648 g/mol. The van der Waals surface area contributed by atoms with Gasteiger partial charge in [0.05, 0.1) is 17.0 Å². The minimum absolute atomic E-state index is 0.0241. The Morgan fingerprint density at radius 1 is 1.02 bits per heavy atom. The van der Waals surface area contributed by atoms with Gasteiger partial charge < -0.3 is 19.5 Å². The van der Waals surface area contributed by atoms with Crippen LogP contribution in [0.2, 0.25) is 0 Å². The lowest BCUT2D eigenvalue weighted by Gasteiger charge is -2.31. The maximum Gasteiger partial charge on any atom is 0.319 e. The number of halogens is 3. The molecule has 5 aliphatic rings. The van der Waals surface area contributed by atoms with Crippen LogP contribution in [0.4, 0.5) is 19.0 Å². The highest BCUT2D eigenvalue weighted by atomic mass is 19.1. The number of benzene rings is 2. The van der Waals surface area contributed by atoms with Gasteiger partial charge in [-0.15, -0.1) is 0 Å². The zero-order chi connectivity index (χ0) is 32.1. The van der Waals surface area contributed by atoms with E-state index in [9.17, 15) is 9.50 Å². The number of aromatic hydroxyl groups is 1. The van der Waals surface area contributed by atoms with Gasteiger partial charge in [-0.3, -0.25) is 9.88 Å². The number of nitrogens with zero attached hydrogens (tertiary/aromatic N) is 5. The summed E-state index contributed by atoms with van der Waals surface area (Å²) in [6.07, 6.45) is 8.56. The van der Waals surface area contributed by atoms with Gasteiger partial charge in [-0.25, -0.2) is 13.2 Å². The van der Waals surface area contributed by atoms with Gasteiger partial charge in [0.2, 0.25) is 0 Å². The molecule has 47 heavy (non-hydrogen) atoms. The Morgan fingerprint density at radius 3 is 2.85 bits per heavy atom. The second-order valence-electron chi connectivity index (χ2n) is 13.7. The monoisotopic (exact) mass is 647 g/mol. The van der Waals surface area contributed by atoms with Crippen molar-refractivity contribution in [2.45, 2.75) is 82.0 Å². The van der Waals surface area contributed by atoms with Crippen molar-refractivity contribution in [1.29, 1.82) is 0 Å². The van der Waals surface area contributed by atoms with E-state index in [1.54, 1.807) is 18.3 Å². The molecule has 0 saturated carbocycles. The fourth-order valence-electron chi connectivity index (χ4n) is 8.36. The molecule has 3 atom stereocenters. The van der Waals surface area contributed by atoms with Crippen LogP contribution in [0.1, 0.15) is 63.4 Å². The lowest BCUT2D eigenvalue weighted by molar-refractivity contribution is 0.0515. The number of fused-ring (bicyclic) bond motifs is 7.